The molecule has 2 aromatic rings. The Hall–Kier alpha value is -1.54. The van der Waals surface area contributed by atoms with Crippen molar-refractivity contribution in [2.45, 2.75) is 74.9 Å². The van der Waals surface area contributed by atoms with Gasteiger partial charge >= 0.3 is 0 Å². The maximum absolute atomic E-state index is 12.4. The fourth-order valence-corrected chi connectivity index (χ4v) is 4.39. The van der Waals surface area contributed by atoms with Gasteiger partial charge in [0.15, 0.2) is 5.78 Å². The van der Waals surface area contributed by atoms with Gasteiger partial charge in [-0.2, -0.15) is 0 Å². The van der Waals surface area contributed by atoms with E-state index in [0.29, 0.717) is 11.7 Å². The van der Waals surface area contributed by atoms with E-state index in [4.69, 9.17) is 0 Å². The molecule has 0 radical (unpaired) electrons. The highest BCUT2D eigenvalue weighted by Crippen LogP contribution is 2.30. The van der Waals surface area contributed by atoms with Crippen LogP contribution in [0.3, 0.4) is 0 Å². The van der Waals surface area contributed by atoms with Crippen molar-refractivity contribution in [1.29, 1.82) is 0 Å². The normalized spacial score (nSPS) is 12.0. The van der Waals surface area contributed by atoms with Gasteiger partial charge in [-0.05, 0) is 25.0 Å². The number of unbranched alkanes of at least 4 members (excludes halogenated alkanes) is 5. The minimum Gasteiger partial charge on any atom is -0.294 e. The highest BCUT2D eigenvalue weighted by atomic mass is 32.2. The maximum atomic E-state index is 12.4. The Bertz CT molecular complexity index is 609. The number of hydrogen-bond donors (Lipinski definition) is 0. The van der Waals surface area contributed by atoms with Crippen LogP contribution in [0, 0.1) is 0 Å². The molecule has 0 amide bonds. The molecule has 2 rings (SSSR count). The molecule has 1 unspecified atom stereocenters. The van der Waals surface area contributed by atoms with Crippen LogP contribution in [0.2, 0.25) is 0 Å². The summed E-state index contributed by atoms with van der Waals surface area (Å²) in [4.78, 5) is 13.8. The van der Waals surface area contributed by atoms with Crippen molar-refractivity contribution in [3.8, 4) is 0 Å². The average molecular weight is 369 g/mol. The van der Waals surface area contributed by atoms with Crippen LogP contribution < -0.4 is 0 Å². The van der Waals surface area contributed by atoms with Crippen LogP contribution >= 0.6 is 11.8 Å². The molecule has 0 aliphatic carbocycles. The molecule has 0 aromatic heterocycles. The summed E-state index contributed by atoms with van der Waals surface area (Å²) in [5.41, 5.74) is 0.843. The molecule has 0 saturated heterocycles. The van der Waals surface area contributed by atoms with Gasteiger partial charge in [0.2, 0.25) is 0 Å². The van der Waals surface area contributed by atoms with E-state index < -0.39 is 0 Å². The Morgan fingerprint density at radius 1 is 0.808 bits per heavy atom. The van der Waals surface area contributed by atoms with Crippen LogP contribution in [0.25, 0.3) is 0 Å². The molecule has 140 valence electrons. The third kappa shape index (κ3) is 8.23. The van der Waals surface area contributed by atoms with Crippen LogP contribution in [-0.4, -0.2) is 11.0 Å². The van der Waals surface area contributed by atoms with Crippen molar-refractivity contribution in [1.82, 2.24) is 0 Å². The van der Waals surface area contributed by atoms with Gasteiger partial charge in [0.05, 0.1) is 0 Å². The topological polar surface area (TPSA) is 17.1 Å². The maximum Gasteiger partial charge on any atom is 0.162 e. The first-order valence-electron chi connectivity index (χ1n) is 10.1. The predicted molar refractivity (Wildman–Crippen MR) is 114 cm³/mol. The summed E-state index contributed by atoms with van der Waals surface area (Å²) in [6, 6.07) is 20.3. The molecule has 0 saturated carbocycles. The summed E-state index contributed by atoms with van der Waals surface area (Å²) >= 11 is 1.94. The van der Waals surface area contributed by atoms with Crippen molar-refractivity contribution in [2.75, 3.05) is 0 Å². The van der Waals surface area contributed by atoms with Crippen LogP contribution in [0.5, 0.6) is 0 Å². The van der Waals surface area contributed by atoms with Crippen LogP contribution in [0.1, 0.15) is 75.1 Å². The summed E-state index contributed by atoms with van der Waals surface area (Å²) in [5.74, 6) is 0.271. The number of ketones is 1. The van der Waals surface area contributed by atoms with E-state index in [1.54, 1.807) is 0 Å². The van der Waals surface area contributed by atoms with E-state index in [1.165, 1.54) is 49.8 Å². The minimum absolute atomic E-state index is 0.271. The summed E-state index contributed by atoms with van der Waals surface area (Å²) in [5, 5.41) is 0.524. The number of carbonyl (C=O) groups excluding carboxylic acids is 1. The van der Waals surface area contributed by atoms with Gasteiger partial charge in [0.1, 0.15) is 0 Å². The Balaban J connectivity index is 1.82. The first-order chi connectivity index (χ1) is 12.8. The van der Waals surface area contributed by atoms with E-state index in [-0.39, 0.29) is 5.78 Å². The molecular formula is C24H32OS. The molecule has 26 heavy (non-hydrogen) atoms. The molecule has 0 fully saturated rings. The molecule has 0 aliphatic heterocycles. The Kier molecular flexibility index (Phi) is 10.2. The lowest BCUT2D eigenvalue weighted by atomic mass is 10.0. The number of Topliss-reactive ketones (excluding diaryl/α,β-unsaturated/α-hetero) is 1. The van der Waals surface area contributed by atoms with Gasteiger partial charge in [-0.3, -0.25) is 4.79 Å². The molecule has 0 aliphatic rings. The summed E-state index contributed by atoms with van der Waals surface area (Å²) in [6.45, 7) is 2.26. The standard InChI is InChI=1S/C24H32OS/c1-2-3-4-5-6-11-18-23(26-22-16-12-8-13-17-22)19-20-24(25)21-14-9-7-10-15-21/h7-10,12-17,23H,2-6,11,18-20H2,1H3. The van der Waals surface area contributed by atoms with E-state index in [0.717, 1.165) is 12.0 Å². The van der Waals surface area contributed by atoms with Gasteiger partial charge in [-0.1, -0.05) is 94.0 Å². The second kappa shape index (κ2) is 12.8. The Morgan fingerprint density at radius 2 is 1.42 bits per heavy atom. The first-order valence-corrected chi connectivity index (χ1v) is 11.0. The molecule has 0 heterocycles. The average Bonchev–Trinajstić information content (AvgIpc) is 2.69. The van der Waals surface area contributed by atoms with E-state index in [9.17, 15) is 4.79 Å². The van der Waals surface area contributed by atoms with Crippen LogP contribution in [0.4, 0.5) is 0 Å². The SMILES string of the molecule is CCCCCCCCC(CCC(=O)c1ccccc1)Sc1ccccc1. The van der Waals surface area contributed by atoms with Gasteiger partial charge < -0.3 is 0 Å². The zero-order chi connectivity index (χ0) is 18.5. The monoisotopic (exact) mass is 368 g/mol. The first kappa shape index (κ1) is 20.8. The third-order valence-corrected chi connectivity index (χ3v) is 6.06. The number of thioether (sulfide) groups is 1. The number of benzene rings is 2. The lowest BCUT2D eigenvalue weighted by Gasteiger charge is -2.16. The van der Waals surface area contributed by atoms with Gasteiger partial charge in [0, 0.05) is 22.1 Å². The highest BCUT2D eigenvalue weighted by Gasteiger charge is 2.14. The molecule has 2 aromatic carbocycles. The van der Waals surface area contributed by atoms with Crippen molar-refractivity contribution in [3.63, 3.8) is 0 Å². The molecule has 2 heteroatoms. The van der Waals surface area contributed by atoms with E-state index in [1.807, 2.05) is 42.1 Å². The quantitative estimate of drug-likeness (QED) is 0.206. The minimum atomic E-state index is 0.271. The number of carbonyl (C=O) groups is 1. The lowest BCUT2D eigenvalue weighted by molar-refractivity contribution is 0.0979. The largest absolute Gasteiger partial charge is 0.294 e. The second-order valence-electron chi connectivity index (χ2n) is 6.94. The molecule has 0 spiro atoms. The Morgan fingerprint density at radius 3 is 2.12 bits per heavy atom. The van der Waals surface area contributed by atoms with E-state index in [2.05, 4.69) is 37.3 Å². The zero-order valence-electron chi connectivity index (χ0n) is 16.0. The molecule has 1 nitrogen and oxygen atoms in total. The van der Waals surface area contributed by atoms with Gasteiger partial charge in [0.25, 0.3) is 0 Å². The Labute approximate surface area is 163 Å². The van der Waals surface area contributed by atoms with Crippen molar-refractivity contribution < 1.29 is 4.79 Å². The second-order valence-corrected chi connectivity index (χ2v) is 8.31. The van der Waals surface area contributed by atoms with Crippen molar-refractivity contribution >= 4 is 17.5 Å². The van der Waals surface area contributed by atoms with Crippen molar-refractivity contribution in [2.24, 2.45) is 0 Å². The van der Waals surface area contributed by atoms with Crippen molar-refractivity contribution in [3.05, 3.63) is 66.2 Å². The fourth-order valence-electron chi connectivity index (χ4n) is 3.17. The highest BCUT2D eigenvalue weighted by molar-refractivity contribution is 8.00. The van der Waals surface area contributed by atoms with Crippen LogP contribution in [0.15, 0.2) is 65.6 Å². The lowest BCUT2D eigenvalue weighted by Crippen LogP contribution is -2.08. The van der Waals surface area contributed by atoms with Gasteiger partial charge in [-0.25, -0.2) is 0 Å². The zero-order valence-corrected chi connectivity index (χ0v) is 16.8. The predicted octanol–water partition coefficient (Wildman–Crippen LogP) is 7.56. The smallest absolute Gasteiger partial charge is 0.162 e. The number of hydrogen-bond acceptors (Lipinski definition) is 2. The van der Waals surface area contributed by atoms with Crippen LogP contribution in [-0.2, 0) is 0 Å². The van der Waals surface area contributed by atoms with Gasteiger partial charge in [-0.15, -0.1) is 11.8 Å². The summed E-state index contributed by atoms with van der Waals surface area (Å²) in [7, 11) is 0. The number of rotatable bonds is 13. The molecule has 1 atom stereocenters. The summed E-state index contributed by atoms with van der Waals surface area (Å²) < 4.78 is 0. The molecule has 0 bridgehead atoms. The fraction of sp³-hybridized carbons (Fsp3) is 0.458. The van der Waals surface area contributed by atoms with E-state index >= 15 is 0 Å². The molecule has 0 N–H and O–H groups in total. The molecular weight excluding hydrogens is 336 g/mol. The third-order valence-electron chi connectivity index (χ3n) is 4.71. The summed E-state index contributed by atoms with van der Waals surface area (Å²) in [6.07, 6.45) is 10.8.